The molecule has 3 aromatic rings. The third kappa shape index (κ3) is 3.99. The number of para-hydroxylation sites is 1. The first-order valence-electron chi connectivity index (χ1n) is 9.67. The molecule has 1 fully saturated rings. The van der Waals surface area contributed by atoms with Crippen LogP contribution in [0, 0.1) is 18.3 Å². The first kappa shape index (κ1) is 18.8. The molecular weight excluding hydrogens is 364 g/mol. The van der Waals surface area contributed by atoms with Crippen molar-refractivity contribution < 1.29 is 9.53 Å². The number of pyridine rings is 1. The number of nitriles is 1. The molecule has 1 N–H and O–H groups in total. The Bertz CT molecular complexity index is 1080. The molecule has 146 valence electrons. The zero-order valence-electron chi connectivity index (χ0n) is 16.3. The molecule has 0 spiro atoms. The Balaban J connectivity index is 1.43. The summed E-state index contributed by atoms with van der Waals surface area (Å²) in [5.74, 6) is 0.686. The monoisotopic (exact) mass is 386 g/mol. The molecule has 6 heteroatoms. The number of benzene rings is 2. The van der Waals surface area contributed by atoms with E-state index in [1.807, 2.05) is 61.5 Å². The minimum Gasteiger partial charge on any atom is -0.445 e. The largest absolute Gasteiger partial charge is 0.445 e. The topological polar surface area (TPSA) is 78.2 Å². The van der Waals surface area contributed by atoms with Crippen LogP contribution in [0.3, 0.4) is 0 Å². The van der Waals surface area contributed by atoms with Gasteiger partial charge in [-0.15, -0.1) is 0 Å². The van der Waals surface area contributed by atoms with Gasteiger partial charge in [-0.1, -0.05) is 48.5 Å². The van der Waals surface area contributed by atoms with Gasteiger partial charge in [-0.2, -0.15) is 5.26 Å². The van der Waals surface area contributed by atoms with Gasteiger partial charge in [0.1, 0.15) is 18.5 Å². The molecule has 4 rings (SSSR count). The van der Waals surface area contributed by atoms with Crippen LogP contribution in [-0.4, -0.2) is 30.2 Å². The second-order valence-corrected chi connectivity index (χ2v) is 7.20. The lowest BCUT2D eigenvalue weighted by molar-refractivity contribution is 0.136. The van der Waals surface area contributed by atoms with Crippen molar-refractivity contribution in [3.05, 3.63) is 71.3 Å². The van der Waals surface area contributed by atoms with Crippen molar-refractivity contribution in [2.45, 2.75) is 26.0 Å². The lowest BCUT2D eigenvalue weighted by Crippen LogP contribution is -2.37. The second kappa shape index (κ2) is 8.19. The van der Waals surface area contributed by atoms with Crippen molar-refractivity contribution in [1.29, 1.82) is 5.26 Å². The van der Waals surface area contributed by atoms with Crippen LogP contribution in [0.25, 0.3) is 10.9 Å². The lowest BCUT2D eigenvalue weighted by Gasteiger charge is -2.21. The average Bonchev–Trinajstić information content (AvgIpc) is 3.21. The quantitative estimate of drug-likeness (QED) is 0.735. The summed E-state index contributed by atoms with van der Waals surface area (Å²) in [5.41, 5.74) is 3.35. The number of aryl methyl sites for hydroxylation is 1. The van der Waals surface area contributed by atoms with Crippen LogP contribution in [0.2, 0.25) is 0 Å². The minimum absolute atomic E-state index is 0.0432. The highest BCUT2D eigenvalue weighted by molar-refractivity contribution is 5.87. The fourth-order valence-electron chi connectivity index (χ4n) is 3.73. The summed E-state index contributed by atoms with van der Waals surface area (Å²) >= 11 is 0. The number of nitrogens with zero attached hydrogens (tertiary/aromatic N) is 3. The Morgan fingerprint density at radius 1 is 1.24 bits per heavy atom. The summed E-state index contributed by atoms with van der Waals surface area (Å²) in [6.07, 6.45) is 0.350. The summed E-state index contributed by atoms with van der Waals surface area (Å²) < 4.78 is 5.32. The van der Waals surface area contributed by atoms with E-state index in [0.29, 0.717) is 17.9 Å². The number of carbonyl (C=O) groups is 1. The molecule has 0 bridgehead atoms. The molecule has 29 heavy (non-hydrogen) atoms. The van der Waals surface area contributed by atoms with Gasteiger partial charge in [-0.3, -0.25) is 0 Å². The molecule has 2 aromatic carbocycles. The Hall–Kier alpha value is -3.59. The molecule has 0 saturated carbocycles. The number of ether oxygens (including phenoxy) is 1. The number of rotatable bonds is 4. The third-order valence-electron chi connectivity index (χ3n) is 5.27. The predicted octanol–water partition coefficient (Wildman–Crippen LogP) is 3.92. The second-order valence-electron chi connectivity index (χ2n) is 7.20. The van der Waals surface area contributed by atoms with Crippen molar-refractivity contribution in [3.8, 4) is 6.07 Å². The van der Waals surface area contributed by atoms with Crippen LogP contribution in [0.4, 0.5) is 10.6 Å². The Morgan fingerprint density at radius 3 is 2.79 bits per heavy atom. The van der Waals surface area contributed by atoms with Gasteiger partial charge in [0.05, 0.1) is 17.1 Å². The van der Waals surface area contributed by atoms with E-state index < -0.39 is 6.09 Å². The van der Waals surface area contributed by atoms with E-state index in [1.165, 1.54) is 0 Å². The van der Waals surface area contributed by atoms with Crippen LogP contribution in [0.5, 0.6) is 0 Å². The van der Waals surface area contributed by atoms with Crippen LogP contribution in [-0.2, 0) is 11.3 Å². The summed E-state index contributed by atoms with van der Waals surface area (Å²) in [6, 6.07) is 19.7. The van der Waals surface area contributed by atoms with Gasteiger partial charge >= 0.3 is 6.09 Å². The van der Waals surface area contributed by atoms with E-state index in [9.17, 15) is 10.1 Å². The normalized spacial score (nSPS) is 15.9. The summed E-state index contributed by atoms with van der Waals surface area (Å²) in [5, 5.41) is 13.6. The lowest BCUT2D eigenvalue weighted by atomic mass is 10.0. The standard InChI is InChI=1S/C23H22N4O2/c1-16-19-9-5-6-10-21(19)26-22(20(16)13-24)27-12-11-18(14-27)25-23(28)29-15-17-7-3-2-4-8-17/h2-10,18H,11-12,14-15H2,1H3,(H,25,28). The van der Waals surface area contributed by atoms with Crippen molar-refractivity contribution >= 4 is 22.8 Å². The Morgan fingerprint density at radius 2 is 2.00 bits per heavy atom. The molecule has 6 nitrogen and oxygen atoms in total. The van der Waals surface area contributed by atoms with Crippen LogP contribution >= 0.6 is 0 Å². The van der Waals surface area contributed by atoms with E-state index in [4.69, 9.17) is 9.72 Å². The highest BCUT2D eigenvalue weighted by atomic mass is 16.5. The third-order valence-corrected chi connectivity index (χ3v) is 5.27. The smallest absolute Gasteiger partial charge is 0.407 e. The molecule has 1 aliphatic heterocycles. The van der Waals surface area contributed by atoms with E-state index in [1.54, 1.807) is 0 Å². The zero-order valence-corrected chi connectivity index (χ0v) is 16.3. The maximum atomic E-state index is 12.1. The van der Waals surface area contributed by atoms with E-state index >= 15 is 0 Å². The molecule has 1 aliphatic rings. The van der Waals surface area contributed by atoms with Crippen LogP contribution in [0.15, 0.2) is 54.6 Å². The molecule has 1 saturated heterocycles. The molecule has 0 aliphatic carbocycles. The van der Waals surface area contributed by atoms with Crippen molar-refractivity contribution in [2.24, 2.45) is 0 Å². The van der Waals surface area contributed by atoms with Crippen molar-refractivity contribution in [2.75, 3.05) is 18.0 Å². The Labute approximate surface area is 169 Å². The maximum Gasteiger partial charge on any atom is 0.407 e. The number of amides is 1. The highest BCUT2D eigenvalue weighted by Gasteiger charge is 2.28. The number of nitrogens with one attached hydrogen (secondary N) is 1. The Kier molecular flexibility index (Phi) is 5.30. The number of hydrogen-bond acceptors (Lipinski definition) is 5. The summed E-state index contributed by atoms with van der Waals surface area (Å²) in [4.78, 5) is 19.0. The average molecular weight is 386 g/mol. The molecule has 2 heterocycles. The summed E-state index contributed by atoms with van der Waals surface area (Å²) in [7, 11) is 0. The van der Waals surface area contributed by atoms with Gasteiger partial charge < -0.3 is 15.0 Å². The van der Waals surface area contributed by atoms with E-state index in [-0.39, 0.29) is 12.6 Å². The maximum absolute atomic E-state index is 12.1. The highest BCUT2D eigenvalue weighted by Crippen LogP contribution is 2.29. The first-order chi connectivity index (χ1) is 14.2. The molecule has 1 unspecified atom stereocenters. The van der Waals surface area contributed by atoms with Crippen molar-refractivity contribution in [3.63, 3.8) is 0 Å². The zero-order chi connectivity index (χ0) is 20.2. The molecule has 1 aromatic heterocycles. The predicted molar refractivity (Wildman–Crippen MR) is 112 cm³/mol. The minimum atomic E-state index is -0.427. The number of fused-ring (bicyclic) bond motifs is 1. The van der Waals surface area contributed by atoms with Crippen LogP contribution in [0.1, 0.15) is 23.1 Å². The fraction of sp³-hybridized carbons (Fsp3) is 0.261. The number of carbonyl (C=O) groups excluding carboxylic acids is 1. The molecule has 1 amide bonds. The summed E-state index contributed by atoms with van der Waals surface area (Å²) in [6.45, 7) is 3.52. The van der Waals surface area contributed by atoms with Crippen molar-refractivity contribution in [1.82, 2.24) is 10.3 Å². The number of anilines is 1. The molecule has 1 atom stereocenters. The number of alkyl carbamates (subject to hydrolysis) is 1. The van der Waals surface area contributed by atoms with Gasteiger partial charge in [0, 0.05) is 18.5 Å². The van der Waals surface area contributed by atoms with E-state index in [2.05, 4.69) is 16.3 Å². The first-order valence-corrected chi connectivity index (χ1v) is 9.67. The van der Waals surface area contributed by atoms with Crippen LogP contribution < -0.4 is 10.2 Å². The van der Waals surface area contributed by atoms with Gasteiger partial charge in [0.2, 0.25) is 0 Å². The number of hydrogen-bond donors (Lipinski definition) is 1. The van der Waals surface area contributed by atoms with Gasteiger partial charge in [0.15, 0.2) is 0 Å². The van der Waals surface area contributed by atoms with E-state index in [0.717, 1.165) is 35.0 Å². The molecular formula is C23H22N4O2. The molecule has 0 radical (unpaired) electrons. The van der Waals surface area contributed by atoms with Gasteiger partial charge in [-0.05, 0) is 30.5 Å². The van der Waals surface area contributed by atoms with Gasteiger partial charge in [0.25, 0.3) is 0 Å². The van der Waals surface area contributed by atoms with Gasteiger partial charge in [-0.25, -0.2) is 9.78 Å². The SMILES string of the molecule is Cc1c(C#N)c(N2CCC(NC(=O)OCc3ccccc3)C2)nc2ccccc12. The fourth-order valence-corrected chi connectivity index (χ4v) is 3.73. The number of aromatic nitrogens is 1.